The van der Waals surface area contributed by atoms with Crippen molar-refractivity contribution in [3.63, 3.8) is 0 Å². The van der Waals surface area contributed by atoms with Crippen molar-refractivity contribution in [2.45, 2.75) is 13.1 Å². The summed E-state index contributed by atoms with van der Waals surface area (Å²) < 4.78 is 0. The van der Waals surface area contributed by atoms with Crippen LogP contribution in [-0.2, 0) is 21.1 Å². The van der Waals surface area contributed by atoms with Gasteiger partial charge in [-0.2, -0.15) is 0 Å². The predicted molar refractivity (Wildman–Crippen MR) is 65.3 cm³/mol. The van der Waals surface area contributed by atoms with Crippen LogP contribution in [0.4, 0.5) is 0 Å². The molecule has 1 aliphatic rings. The van der Waals surface area contributed by atoms with Gasteiger partial charge in [0.1, 0.15) is 0 Å². The number of fused-ring (bicyclic) bond motifs is 3. The van der Waals surface area contributed by atoms with Crippen molar-refractivity contribution in [1.82, 2.24) is 4.98 Å². The van der Waals surface area contributed by atoms with Gasteiger partial charge in [-0.15, -0.1) is 35.0 Å². The summed E-state index contributed by atoms with van der Waals surface area (Å²) in [5.74, 6) is 0. The van der Waals surface area contributed by atoms with Crippen molar-refractivity contribution >= 4 is 18.4 Å². The van der Waals surface area contributed by atoms with Gasteiger partial charge in [0.2, 0.25) is 0 Å². The summed E-state index contributed by atoms with van der Waals surface area (Å²) in [6.07, 6.45) is 1.87. The molecule has 3 heteroatoms. The van der Waals surface area contributed by atoms with Gasteiger partial charge in [0.15, 0.2) is 0 Å². The average Bonchev–Trinajstić information content (AvgIpc) is 2.51. The Hall–Kier alpha value is -0.725. The van der Waals surface area contributed by atoms with Crippen LogP contribution >= 0.6 is 0 Å². The molecule has 0 amide bonds. The number of hydrogen-bond donors (Lipinski definition) is 0. The summed E-state index contributed by atoms with van der Waals surface area (Å²) in [5, 5.41) is 2.92. The predicted octanol–water partition coefficient (Wildman–Crippen LogP) is 1.68. The third kappa shape index (κ3) is 1.44. The van der Waals surface area contributed by atoms with E-state index in [0.717, 1.165) is 5.69 Å². The second kappa shape index (κ2) is 3.94. The van der Waals surface area contributed by atoms with Gasteiger partial charge in [-0.1, -0.05) is 24.3 Å². The first-order chi connectivity index (χ1) is 7.21. The Kier molecular flexibility index (Phi) is 2.89. The maximum absolute atomic E-state index is 4.50. The van der Waals surface area contributed by atoms with E-state index in [4.69, 9.17) is 0 Å². The minimum absolute atomic E-state index is 0. The van der Waals surface area contributed by atoms with Crippen LogP contribution in [0.15, 0.2) is 36.5 Å². The molecule has 2 heterocycles. The molecular weight excluding hydrogens is 393 g/mol. The van der Waals surface area contributed by atoms with Crippen LogP contribution in [0.25, 0.3) is 11.3 Å². The van der Waals surface area contributed by atoms with Gasteiger partial charge in [-0.3, -0.25) is 0 Å². The molecule has 0 atom stereocenters. The third-order valence-electron chi connectivity index (χ3n) is 3.25. The van der Waals surface area contributed by atoms with Gasteiger partial charge < -0.3 is 4.98 Å². The molecular formula is C13H12NPtSi-. The van der Waals surface area contributed by atoms with Crippen LogP contribution in [-0.4, -0.2) is 13.1 Å². The van der Waals surface area contributed by atoms with E-state index >= 15 is 0 Å². The fraction of sp³-hybridized carbons (Fsp3) is 0.154. The van der Waals surface area contributed by atoms with E-state index in [9.17, 15) is 0 Å². The zero-order valence-corrected chi connectivity index (χ0v) is 12.5. The Balaban J connectivity index is 0.000000963. The molecule has 0 aliphatic carbocycles. The van der Waals surface area contributed by atoms with Crippen molar-refractivity contribution in [2.24, 2.45) is 0 Å². The number of pyridine rings is 1. The van der Waals surface area contributed by atoms with Crippen molar-refractivity contribution < 1.29 is 21.1 Å². The summed E-state index contributed by atoms with van der Waals surface area (Å²) in [4.78, 5) is 4.50. The maximum atomic E-state index is 4.50. The summed E-state index contributed by atoms with van der Waals surface area (Å²) in [5.41, 5.74) is 2.38. The van der Waals surface area contributed by atoms with Crippen LogP contribution in [0.2, 0.25) is 13.1 Å². The summed E-state index contributed by atoms with van der Waals surface area (Å²) in [6, 6.07) is 13.9. The third-order valence-corrected chi connectivity index (χ3v) is 6.76. The van der Waals surface area contributed by atoms with E-state index in [1.54, 1.807) is 0 Å². The molecule has 1 aromatic heterocycles. The fourth-order valence-corrected chi connectivity index (χ4v) is 5.32. The van der Waals surface area contributed by atoms with Crippen LogP contribution in [0.1, 0.15) is 0 Å². The van der Waals surface area contributed by atoms with E-state index in [0.29, 0.717) is 0 Å². The van der Waals surface area contributed by atoms with Gasteiger partial charge in [0, 0.05) is 27.3 Å². The normalized spacial score (nSPS) is 14.9. The van der Waals surface area contributed by atoms with Gasteiger partial charge in [-0.25, -0.2) is 0 Å². The Morgan fingerprint density at radius 1 is 1.12 bits per heavy atom. The zero-order valence-electron chi connectivity index (χ0n) is 9.23. The topological polar surface area (TPSA) is 12.9 Å². The first kappa shape index (κ1) is 11.8. The fourth-order valence-electron chi connectivity index (χ4n) is 2.41. The molecule has 3 rings (SSSR count). The Morgan fingerprint density at radius 2 is 1.88 bits per heavy atom. The largest absolute Gasteiger partial charge is 0.305 e. The number of rotatable bonds is 0. The number of hydrogen-bond acceptors (Lipinski definition) is 1. The molecule has 84 valence electrons. The maximum Gasteiger partial charge on any atom is 0.0570 e. The second-order valence-corrected chi connectivity index (χ2v) is 8.81. The summed E-state index contributed by atoms with van der Waals surface area (Å²) >= 11 is 0. The number of nitrogens with zero attached hydrogens (tertiary/aromatic N) is 1. The van der Waals surface area contributed by atoms with Gasteiger partial charge in [0.25, 0.3) is 0 Å². The van der Waals surface area contributed by atoms with E-state index in [2.05, 4.69) is 42.3 Å². The van der Waals surface area contributed by atoms with Crippen molar-refractivity contribution in [2.75, 3.05) is 0 Å². The molecule has 16 heavy (non-hydrogen) atoms. The minimum Gasteiger partial charge on any atom is -0.305 e. The molecule has 1 aliphatic heterocycles. The molecule has 0 fully saturated rings. The molecule has 0 unspecified atom stereocenters. The summed E-state index contributed by atoms with van der Waals surface area (Å²) in [7, 11) is -1.48. The van der Waals surface area contributed by atoms with Crippen molar-refractivity contribution in [1.29, 1.82) is 0 Å². The van der Waals surface area contributed by atoms with Gasteiger partial charge in [0.05, 0.1) is 8.07 Å². The molecule has 1 nitrogen and oxygen atoms in total. The van der Waals surface area contributed by atoms with E-state index in [1.807, 2.05) is 18.3 Å². The second-order valence-electron chi connectivity index (χ2n) is 4.48. The average molecular weight is 405 g/mol. The van der Waals surface area contributed by atoms with Crippen LogP contribution in [0.3, 0.4) is 0 Å². The molecule has 0 spiro atoms. The molecule has 0 N–H and O–H groups in total. The van der Waals surface area contributed by atoms with E-state index in [-0.39, 0.29) is 21.1 Å². The van der Waals surface area contributed by atoms with Gasteiger partial charge in [-0.05, 0) is 11.8 Å². The van der Waals surface area contributed by atoms with Crippen molar-refractivity contribution in [3.05, 3.63) is 42.6 Å². The standard InChI is InChI=1S/C13H12NSi.Pt/c1-15(2)11-7-4-3-6-10(11)13-12(15)8-5-9-14-13;/h3-5,7-9H,1-2H3;/q-1;. The molecule has 0 bridgehead atoms. The molecule has 2 aromatic rings. The zero-order chi connectivity index (χ0) is 10.5. The SMILES string of the molecule is C[Si]1(C)c2ccc[c-]c2-c2ncccc21.[Pt]. The Bertz CT molecular complexity index is 489. The summed E-state index contributed by atoms with van der Waals surface area (Å²) in [6.45, 7) is 4.76. The first-order valence-electron chi connectivity index (χ1n) is 5.18. The van der Waals surface area contributed by atoms with E-state index in [1.165, 1.54) is 15.9 Å². The monoisotopic (exact) mass is 405 g/mol. The molecule has 0 saturated carbocycles. The minimum atomic E-state index is -1.48. The molecule has 0 radical (unpaired) electrons. The van der Waals surface area contributed by atoms with Gasteiger partial charge >= 0.3 is 0 Å². The van der Waals surface area contributed by atoms with Crippen LogP contribution in [0.5, 0.6) is 0 Å². The number of benzene rings is 1. The van der Waals surface area contributed by atoms with Crippen LogP contribution in [0, 0.1) is 6.07 Å². The Morgan fingerprint density at radius 3 is 2.69 bits per heavy atom. The van der Waals surface area contributed by atoms with Crippen LogP contribution < -0.4 is 10.4 Å². The number of aromatic nitrogens is 1. The first-order valence-corrected chi connectivity index (χ1v) is 8.18. The Labute approximate surface area is 111 Å². The van der Waals surface area contributed by atoms with E-state index < -0.39 is 8.07 Å². The quantitative estimate of drug-likeness (QED) is 0.480. The van der Waals surface area contributed by atoms with Crippen molar-refractivity contribution in [3.8, 4) is 11.3 Å². The smallest absolute Gasteiger partial charge is 0.0570 e. The molecule has 0 saturated heterocycles. The molecule has 1 aromatic carbocycles.